The molecule has 1 amide bonds. The van der Waals surface area contributed by atoms with Gasteiger partial charge >= 0.3 is 0 Å². The van der Waals surface area contributed by atoms with Crippen molar-refractivity contribution in [1.82, 2.24) is 10.2 Å². The number of carbonyl (C=O) groups excluding carboxylic acids is 1. The van der Waals surface area contributed by atoms with Gasteiger partial charge < -0.3 is 5.73 Å². The number of nitrogens with two attached hydrogens (primary N) is 1. The van der Waals surface area contributed by atoms with Crippen LogP contribution in [0.1, 0.15) is 10.5 Å². The number of nitrogens with zero attached hydrogens (tertiary/aromatic N) is 1. The Hall–Kier alpha value is -2.31. The molecule has 0 atom stereocenters. The number of aromatic nitrogens is 2. The molecule has 17 heavy (non-hydrogen) atoms. The molecule has 0 aliphatic rings. The second kappa shape index (κ2) is 3.93. The highest BCUT2D eigenvalue weighted by atomic mass is 19.2. The van der Waals surface area contributed by atoms with Crippen LogP contribution < -0.4 is 5.73 Å². The second-order valence-corrected chi connectivity index (χ2v) is 3.28. The third-order valence-corrected chi connectivity index (χ3v) is 2.13. The van der Waals surface area contributed by atoms with Crippen molar-refractivity contribution < 1.29 is 18.0 Å². The number of H-pyrrole nitrogens is 1. The molecule has 0 unspecified atom stereocenters. The van der Waals surface area contributed by atoms with E-state index in [1.807, 2.05) is 0 Å². The van der Waals surface area contributed by atoms with Gasteiger partial charge in [0.15, 0.2) is 11.6 Å². The fourth-order valence-corrected chi connectivity index (χ4v) is 1.30. The summed E-state index contributed by atoms with van der Waals surface area (Å²) < 4.78 is 39.0. The summed E-state index contributed by atoms with van der Waals surface area (Å²) in [6.07, 6.45) is 0. The molecule has 0 aliphatic carbocycles. The van der Waals surface area contributed by atoms with Crippen LogP contribution in [0.15, 0.2) is 18.2 Å². The van der Waals surface area contributed by atoms with Crippen molar-refractivity contribution in [3.05, 3.63) is 41.3 Å². The average molecular weight is 241 g/mol. The first kappa shape index (κ1) is 11.2. The third kappa shape index (κ3) is 1.99. The van der Waals surface area contributed by atoms with Crippen LogP contribution in [-0.2, 0) is 0 Å². The van der Waals surface area contributed by atoms with E-state index in [0.717, 1.165) is 6.07 Å². The van der Waals surface area contributed by atoms with E-state index in [1.54, 1.807) is 0 Å². The zero-order valence-corrected chi connectivity index (χ0v) is 8.30. The number of halogens is 3. The summed E-state index contributed by atoms with van der Waals surface area (Å²) in [6, 6.07) is 2.22. The normalized spacial score (nSPS) is 10.5. The molecule has 0 saturated heterocycles. The zero-order valence-electron chi connectivity index (χ0n) is 8.30. The molecular formula is C10H6F3N3O. The van der Waals surface area contributed by atoms with Crippen molar-refractivity contribution in [3.63, 3.8) is 0 Å². The summed E-state index contributed by atoms with van der Waals surface area (Å²) in [5, 5.41) is 5.84. The molecule has 0 radical (unpaired) electrons. The Morgan fingerprint density at radius 1 is 1.12 bits per heavy atom. The van der Waals surface area contributed by atoms with Gasteiger partial charge in [-0.25, -0.2) is 13.2 Å². The van der Waals surface area contributed by atoms with Gasteiger partial charge in [-0.1, -0.05) is 0 Å². The molecule has 3 N–H and O–H groups in total. The van der Waals surface area contributed by atoms with E-state index in [9.17, 15) is 18.0 Å². The average Bonchev–Trinajstić information content (AvgIpc) is 2.72. The molecule has 88 valence electrons. The van der Waals surface area contributed by atoms with Crippen LogP contribution in [0.25, 0.3) is 11.3 Å². The molecular weight excluding hydrogens is 235 g/mol. The topological polar surface area (TPSA) is 71.8 Å². The van der Waals surface area contributed by atoms with Crippen molar-refractivity contribution >= 4 is 5.91 Å². The first-order valence-corrected chi connectivity index (χ1v) is 4.49. The first-order valence-electron chi connectivity index (χ1n) is 4.49. The minimum absolute atomic E-state index is 0.0322. The lowest BCUT2D eigenvalue weighted by Gasteiger charge is -2.00. The van der Waals surface area contributed by atoms with Gasteiger partial charge in [0.25, 0.3) is 5.91 Å². The molecule has 1 aromatic carbocycles. The molecule has 0 fully saturated rings. The lowest BCUT2D eigenvalue weighted by atomic mass is 10.1. The maximum atomic E-state index is 13.3. The first-order chi connectivity index (χ1) is 7.99. The van der Waals surface area contributed by atoms with Crippen LogP contribution >= 0.6 is 0 Å². The van der Waals surface area contributed by atoms with Gasteiger partial charge in [0.05, 0.1) is 5.69 Å². The van der Waals surface area contributed by atoms with E-state index in [-0.39, 0.29) is 17.0 Å². The molecule has 2 rings (SSSR count). The Kier molecular flexibility index (Phi) is 2.58. The van der Waals surface area contributed by atoms with Crippen molar-refractivity contribution in [2.45, 2.75) is 0 Å². The SMILES string of the molecule is NC(=O)c1cc(-c2cc(F)c(F)cc2F)n[nH]1. The maximum absolute atomic E-state index is 13.3. The Morgan fingerprint density at radius 2 is 1.76 bits per heavy atom. The monoisotopic (exact) mass is 241 g/mol. The predicted molar refractivity (Wildman–Crippen MR) is 52.4 cm³/mol. The van der Waals surface area contributed by atoms with Gasteiger partial charge in [-0.05, 0) is 12.1 Å². The van der Waals surface area contributed by atoms with Crippen LogP contribution in [-0.4, -0.2) is 16.1 Å². The number of nitrogens with one attached hydrogen (secondary N) is 1. The molecule has 2 aromatic rings. The number of rotatable bonds is 2. The Bertz CT molecular complexity index is 594. The number of aromatic amines is 1. The van der Waals surface area contributed by atoms with Crippen LogP contribution in [0.4, 0.5) is 13.2 Å². The summed E-state index contributed by atoms with van der Waals surface area (Å²) >= 11 is 0. The third-order valence-electron chi connectivity index (χ3n) is 2.13. The van der Waals surface area contributed by atoms with Gasteiger partial charge in [-0.15, -0.1) is 0 Å². The quantitative estimate of drug-likeness (QED) is 0.784. The van der Waals surface area contributed by atoms with Gasteiger partial charge in [-0.2, -0.15) is 5.10 Å². The molecule has 4 nitrogen and oxygen atoms in total. The highest BCUT2D eigenvalue weighted by molar-refractivity contribution is 5.91. The van der Waals surface area contributed by atoms with Gasteiger partial charge in [-0.3, -0.25) is 9.89 Å². The van der Waals surface area contributed by atoms with E-state index < -0.39 is 23.4 Å². The molecule has 0 bridgehead atoms. The van der Waals surface area contributed by atoms with E-state index in [1.165, 1.54) is 0 Å². The fraction of sp³-hybridized carbons (Fsp3) is 0. The standard InChI is InChI=1S/C10H6F3N3O/c11-5-2-7(13)6(12)1-4(5)8-3-9(10(14)17)16-15-8/h1-3H,(H2,14,17)(H,15,16). The highest BCUT2D eigenvalue weighted by Crippen LogP contribution is 2.23. The molecule has 7 heteroatoms. The van der Waals surface area contributed by atoms with Crippen LogP contribution in [0.3, 0.4) is 0 Å². The molecule has 0 aliphatic heterocycles. The van der Waals surface area contributed by atoms with E-state index in [4.69, 9.17) is 5.73 Å². The lowest BCUT2D eigenvalue weighted by molar-refractivity contribution is 0.0995. The van der Waals surface area contributed by atoms with E-state index in [0.29, 0.717) is 12.1 Å². The van der Waals surface area contributed by atoms with Crippen molar-refractivity contribution in [2.24, 2.45) is 5.73 Å². The van der Waals surface area contributed by atoms with Gasteiger partial charge in [0, 0.05) is 11.6 Å². The van der Waals surface area contributed by atoms with Crippen LogP contribution in [0, 0.1) is 17.5 Å². The Morgan fingerprint density at radius 3 is 2.35 bits per heavy atom. The van der Waals surface area contributed by atoms with Crippen molar-refractivity contribution in [1.29, 1.82) is 0 Å². The largest absolute Gasteiger partial charge is 0.364 e. The van der Waals surface area contributed by atoms with Crippen LogP contribution in [0.2, 0.25) is 0 Å². The van der Waals surface area contributed by atoms with Gasteiger partial charge in [0.2, 0.25) is 0 Å². The summed E-state index contributed by atoms with van der Waals surface area (Å²) in [7, 11) is 0. The smallest absolute Gasteiger partial charge is 0.266 e. The zero-order chi connectivity index (χ0) is 12.6. The fourth-order valence-electron chi connectivity index (χ4n) is 1.30. The minimum atomic E-state index is -1.29. The van der Waals surface area contributed by atoms with Gasteiger partial charge in [0.1, 0.15) is 11.5 Å². The number of primary amides is 1. The summed E-state index contributed by atoms with van der Waals surface area (Å²) in [5.41, 5.74) is 4.62. The highest BCUT2D eigenvalue weighted by Gasteiger charge is 2.15. The minimum Gasteiger partial charge on any atom is -0.364 e. The number of amides is 1. The lowest BCUT2D eigenvalue weighted by Crippen LogP contribution is -2.10. The van der Waals surface area contributed by atoms with Crippen molar-refractivity contribution in [3.8, 4) is 11.3 Å². The number of carbonyl (C=O) groups is 1. The summed E-state index contributed by atoms with van der Waals surface area (Å²) in [5.74, 6) is -4.26. The van der Waals surface area contributed by atoms with Crippen LogP contribution in [0.5, 0.6) is 0 Å². The maximum Gasteiger partial charge on any atom is 0.266 e. The molecule has 1 heterocycles. The predicted octanol–water partition coefficient (Wildman–Crippen LogP) is 1.59. The molecule has 0 spiro atoms. The number of hydrogen-bond acceptors (Lipinski definition) is 2. The van der Waals surface area contributed by atoms with E-state index >= 15 is 0 Å². The van der Waals surface area contributed by atoms with Crippen molar-refractivity contribution in [2.75, 3.05) is 0 Å². The van der Waals surface area contributed by atoms with E-state index in [2.05, 4.69) is 10.2 Å². The Labute approximate surface area is 93.2 Å². The summed E-state index contributed by atoms with van der Waals surface area (Å²) in [4.78, 5) is 10.8. The molecule has 0 saturated carbocycles. The Balaban J connectivity index is 2.52. The number of hydrogen-bond donors (Lipinski definition) is 2. The second-order valence-electron chi connectivity index (χ2n) is 3.28. The summed E-state index contributed by atoms with van der Waals surface area (Å²) in [6.45, 7) is 0. The molecule has 1 aromatic heterocycles. The number of benzene rings is 1.